The largest absolute Gasteiger partial charge is 0.506 e. The molecule has 3 heterocycles. The zero-order valence-electron chi connectivity index (χ0n) is 15.6. The number of halogens is 1. The highest BCUT2D eigenvalue weighted by Gasteiger charge is 2.21. The van der Waals surface area contributed by atoms with Crippen LogP contribution in [-0.4, -0.2) is 36.6 Å². The summed E-state index contributed by atoms with van der Waals surface area (Å²) in [6.07, 6.45) is 4.31. The third-order valence-electron chi connectivity index (χ3n) is 5.10. The third-order valence-corrected chi connectivity index (χ3v) is 5.35. The molecule has 2 aromatic heterocycles. The van der Waals surface area contributed by atoms with Crippen LogP contribution in [-0.2, 0) is 26.1 Å². The standard InChI is InChI=1S/C21H21ClN4O2/c1-13-20(28)18(16(12-27)9-23-13)11-26-7-6-19-15(10-26)8-24-21(25-19)14-2-4-17(22)5-3-14/h2-5,8-9,27-28H,6-7,10-12H2,1H3. The summed E-state index contributed by atoms with van der Waals surface area (Å²) >= 11 is 5.96. The molecule has 0 amide bonds. The lowest BCUT2D eigenvalue weighted by Gasteiger charge is -2.29. The summed E-state index contributed by atoms with van der Waals surface area (Å²) in [6, 6.07) is 7.51. The molecule has 0 unspecified atom stereocenters. The van der Waals surface area contributed by atoms with Gasteiger partial charge in [-0.3, -0.25) is 9.88 Å². The van der Waals surface area contributed by atoms with Gasteiger partial charge in [0.2, 0.25) is 0 Å². The van der Waals surface area contributed by atoms with Crippen molar-refractivity contribution >= 4 is 11.6 Å². The third kappa shape index (κ3) is 3.71. The Morgan fingerprint density at radius 1 is 1.14 bits per heavy atom. The van der Waals surface area contributed by atoms with Crippen LogP contribution in [0.5, 0.6) is 5.75 Å². The molecule has 1 aromatic carbocycles. The highest BCUT2D eigenvalue weighted by molar-refractivity contribution is 6.30. The maximum atomic E-state index is 10.4. The Balaban J connectivity index is 1.55. The quantitative estimate of drug-likeness (QED) is 0.704. The molecule has 28 heavy (non-hydrogen) atoms. The highest BCUT2D eigenvalue weighted by atomic mass is 35.5. The van der Waals surface area contributed by atoms with Gasteiger partial charge in [-0.2, -0.15) is 0 Å². The van der Waals surface area contributed by atoms with Crippen LogP contribution in [0.4, 0.5) is 0 Å². The van der Waals surface area contributed by atoms with Crippen molar-refractivity contribution in [1.82, 2.24) is 19.9 Å². The van der Waals surface area contributed by atoms with E-state index < -0.39 is 0 Å². The van der Waals surface area contributed by atoms with Crippen LogP contribution >= 0.6 is 11.6 Å². The molecule has 7 heteroatoms. The minimum Gasteiger partial charge on any atom is -0.506 e. The molecule has 0 radical (unpaired) electrons. The fourth-order valence-electron chi connectivity index (χ4n) is 3.47. The zero-order chi connectivity index (χ0) is 19.7. The van der Waals surface area contributed by atoms with Crippen LogP contribution in [0.2, 0.25) is 5.02 Å². The predicted molar refractivity (Wildman–Crippen MR) is 107 cm³/mol. The lowest BCUT2D eigenvalue weighted by molar-refractivity contribution is 0.232. The van der Waals surface area contributed by atoms with Crippen LogP contribution in [0, 0.1) is 6.92 Å². The van der Waals surface area contributed by atoms with Gasteiger partial charge in [-0.25, -0.2) is 9.97 Å². The van der Waals surface area contributed by atoms with E-state index in [1.165, 1.54) is 0 Å². The van der Waals surface area contributed by atoms with Crippen molar-refractivity contribution in [2.75, 3.05) is 6.54 Å². The topological polar surface area (TPSA) is 82.4 Å². The van der Waals surface area contributed by atoms with Crippen LogP contribution in [0.25, 0.3) is 11.4 Å². The lowest BCUT2D eigenvalue weighted by atomic mass is 10.0. The SMILES string of the molecule is Cc1ncc(CO)c(CN2CCc3nc(-c4ccc(Cl)cc4)ncc3C2)c1O. The van der Waals surface area contributed by atoms with Crippen LogP contribution in [0.15, 0.2) is 36.7 Å². The van der Waals surface area contributed by atoms with Gasteiger partial charge in [0.25, 0.3) is 0 Å². The van der Waals surface area contributed by atoms with Crippen molar-refractivity contribution in [2.24, 2.45) is 0 Å². The van der Waals surface area contributed by atoms with Crippen molar-refractivity contribution in [1.29, 1.82) is 0 Å². The van der Waals surface area contributed by atoms with Gasteiger partial charge in [0.15, 0.2) is 5.82 Å². The van der Waals surface area contributed by atoms with Crippen LogP contribution in [0.3, 0.4) is 0 Å². The van der Waals surface area contributed by atoms with E-state index in [4.69, 9.17) is 16.6 Å². The maximum Gasteiger partial charge on any atom is 0.159 e. The second-order valence-corrected chi connectivity index (χ2v) is 7.42. The molecule has 0 spiro atoms. The molecule has 0 atom stereocenters. The van der Waals surface area contributed by atoms with Crippen molar-refractivity contribution in [3.63, 3.8) is 0 Å². The fourth-order valence-corrected chi connectivity index (χ4v) is 3.59. The molecule has 0 saturated heterocycles. The molecular weight excluding hydrogens is 376 g/mol. The molecule has 3 aromatic rings. The summed E-state index contributed by atoms with van der Waals surface area (Å²) in [7, 11) is 0. The monoisotopic (exact) mass is 396 g/mol. The van der Waals surface area contributed by atoms with Gasteiger partial charge in [-0.1, -0.05) is 11.6 Å². The fraction of sp³-hybridized carbons (Fsp3) is 0.286. The number of aryl methyl sites for hydroxylation is 1. The first kappa shape index (κ1) is 18.8. The Kier molecular flexibility index (Phi) is 5.26. The Morgan fingerprint density at radius 2 is 1.93 bits per heavy atom. The van der Waals surface area contributed by atoms with Crippen molar-refractivity contribution in [3.05, 3.63) is 69.8 Å². The van der Waals surface area contributed by atoms with Crippen molar-refractivity contribution in [2.45, 2.75) is 33.0 Å². The van der Waals surface area contributed by atoms with Gasteiger partial charge in [-0.05, 0) is 31.2 Å². The Hall–Kier alpha value is -2.54. The number of pyridine rings is 1. The van der Waals surface area contributed by atoms with Gasteiger partial charge in [0.05, 0.1) is 18.0 Å². The molecule has 0 saturated carbocycles. The second-order valence-electron chi connectivity index (χ2n) is 6.99. The Bertz CT molecular complexity index is 1010. The molecular formula is C21H21ClN4O2. The predicted octanol–water partition coefficient (Wildman–Crippen LogP) is 3.26. The first-order valence-corrected chi connectivity index (χ1v) is 9.53. The molecule has 4 rings (SSSR count). The van der Waals surface area contributed by atoms with Crippen molar-refractivity contribution in [3.8, 4) is 17.1 Å². The lowest BCUT2D eigenvalue weighted by Crippen LogP contribution is -2.31. The summed E-state index contributed by atoms with van der Waals surface area (Å²) < 4.78 is 0. The average Bonchev–Trinajstić information content (AvgIpc) is 2.72. The number of aliphatic hydroxyl groups is 1. The minimum atomic E-state index is -0.145. The van der Waals surface area contributed by atoms with Gasteiger partial charge in [0.1, 0.15) is 5.75 Å². The number of fused-ring (bicyclic) bond motifs is 1. The summed E-state index contributed by atoms with van der Waals surface area (Å²) in [5.74, 6) is 0.862. The first-order chi connectivity index (χ1) is 13.5. The molecule has 2 N–H and O–H groups in total. The average molecular weight is 397 g/mol. The van der Waals surface area contributed by atoms with E-state index in [1.807, 2.05) is 30.5 Å². The number of benzene rings is 1. The molecule has 0 aliphatic carbocycles. The van der Waals surface area contributed by atoms with E-state index in [2.05, 4.69) is 14.9 Å². The molecule has 1 aliphatic rings. The van der Waals surface area contributed by atoms with Gasteiger partial charge < -0.3 is 10.2 Å². The smallest absolute Gasteiger partial charge is 0.159 e. The van der Waals surface area contributed by atoms with Gasteiger partial charge in [0, 0.05) is 65.7 Å². The minimum absolute atomic E-state index is 0.145. The highest BCUT2D eigenvalue weighted by Crippen LogP contribution is 2.28. The number of aromatic hydroxyl groups is 1. The summed E-state index contributed by atoms with van der Waals surface area (Å²) in [4.78, 5) is 15.6. The molecule has 6 nitrogen and oxygen atoms in total. The van der Waals surface area contributed by atoms with E-state index in [0.717, 1.165) is 35.3 Å². The van der Waals surface area contributed by atoms with E-state index in [-0.39, 0.29) is 12.4 Å². The van der Waals surface area contributed by atoms with E-state index in [1.54, 1.807) is 13.1 Å². The second kappa shape index (κ2) is 7.83. The van der Waals surface area contributed by atoms with Crippen molar-refractivity contribution < 1.29 is 10.2 Å². The van der Waals surface area contributed by atoms with Gasteiger partial charge >= 0.3 is 0 Å². The normalized spacial score (nSPS) is 14.1. The summed E-state index contributed by atoms with van der Waals surface area (Å²) in [5, 5.41) is 20.7. The number of rotatable bonds is 4. The van der Waals surface area contributed by atoms with E-state index in [0.29, 0.717) is 35.2 Å². The summed E-state index contributed by atoms with van der Waals surface area (Å²) in [6.45, 7) is 3.67. The van der Waals surface area contributed by atoms with E-state index in [9.17, 15) is 10.2 Å². The first-order valence-electron chi connectivity index (χ1n) is 9.15. The summed E-state index contributed by atoms with van der Waals surface area (Å²) in [5.41, 5.74) is 5.04. The Morgan fingerprint density at radius 3 is 2.68 bits per heavy atom. The Labute approximate surface area is 168 Å². The zero-order valence-corrected chi connectivity index (χ0v) is 16.3. The number of hydrogen-bond acceptors (Lipinski definition) is 6. The van der Waals surface area contributed by atoms with E-state index >= 15 is 0 Å². The molecule has 1 aliphatic heterocycles. The maximum absolute atomic E-state index is 10.4. The molecule has 144 valence electrons. The van der Waals surface area contributed by atoms with Crippen LogP contribution in [0.1, 0.15) is 28.1 Å². The van der Waals surface area contributed by atoms with Crippen LogP contribution < -0.4 is 0 Å². The number of aliphatic hydroxyl groups excluding tert-OH is 1. The molecule has 0 bridgehead atoms. The number of nitrogens with zero attached hydrogens (tertiary/aromatic N) is 4. The van der Waals surface area contributed by atoms with Gasteiger partial charge in [-0.15, -0.1) is 0 Å². The number of hydrogen-bond donors (Lipinski definition) is 2. The molecule has 0 fully saturated rings. The number of aromatic nitrogens is 3.